The van der Waals surface area contributed by atoms with Gasteiger partial charge in [-0.05, 0) is 6.42 Å². The first-order valence-corrected chi connectivity index (χ1v) is 7.05. The summed E-state index contributed by atoms with van der Waals surface area (Å²) in [6, 6.07) is -0.00920. The van der Waals surface area contributed by atoms with Gasteiger partial charge in [-0.15, -0.1) is 0 Å². The van der Waals surface area contributed by atoms with Crippen LogP contribution in [0, 0.1) is 0 Å². The Labute approximate surface area is 93.9 Å². The molecule has 1 aliphatic heterocycles. The van der Waals surface area contributed by atoms with Crippen molar-refractivity contribution in [1.29, 1.82) is 0 Å². The maximum atomic E-state index is 11.8. The third-order valence-electron chi connectivity index (χ3n) is 2.63. The van der Waals surface area contributed by atoms with Crippen LogP contribution in [0.4, 0.5) is 0 Å². The van der Waals surface area contributed by atoms with Gasteiger partial charge in [-0.2, -0.15) is 0 Å². The smallest absolute Gasteiger partial charge is 0.240 e. The monoisotopic (exact) mass is 232 g/mol. The van der Waals surface area contributed by atoms with Gasteiger partial charge in [0, 0.05) is 28.9 Å². The number of amides is 1. The summed E-state index contributed by atoms with van der Waals surface area (Å²) < 4.78 is 11.2. The molecule has 1 N–H and O–H groups in total. The molecule has 1 aliphatic rings. The summed E-state index contributed by atoms with van der Waals surface area (Å²) in [6.07, 6.45) is 1.91. The Bertz CT molecular complexity index is 246. The lowest BCUT2D eigenvalue weighted by atomic mass is 10.2. The minimum absolute atomic E-state index is 0.00920. The quantitative estimate of drug-likeness (QED) is 0.717. The van der Waals surface area contributed by atoms with Gasteiger partial charge in [0.1, 0.15) is 0 Å². The lowest BCUT2D eigenvalue weighted by Gasteiger charge is -2.14. The van der Waals surface area contributed by atoms with Gasteiger partial charge in [0.2, 0.25) is 5.91 Å². The number of rotatable bonds is 6. The molecular weight excluding hydrogens is 212 g/mol. The molecule has 5 heteroatoms. The first-order chi connectivity index (χ1) is 7.19. The van der Waals surface area contributed by atoms with Crippen LogP contribution in [0.2, 0.25) is 0 Å². The molecule has 15 heavy (non-hydrogen) atoms. The average Bonchev–Trinajstić information content (AvgIpc) is 2.58. The van der Waals surface area contributed by atoms with Gasteiger partial charge in [-0.3, -0.25) is 14.3 Å². The number of nitrogens with zero attached hydrogens (tertiary/aromatic N) is 1. The Morgan fingerprint density at radius 3 is 2.87 bits per heavy atom. The fraction of sp³-hybridized carbons (Fsp3) is 0.900. The molecule has 1 saturated heterocycles. The van der Waals surface area contributed by atoms with Crippen molar-refractivity contribution in [3.05, 3.63) is 0 Å². The molecule has 0 bridgehead atoms. The van der Waals surface area contributed by atoms with Gasteiger partial charge in [0.05, 0.1) is 12.7 Å². The van der Waals surface area contributed by atoms with Gasteiger partial charge in [0.15, 0.2) is 0 Å². The Hall–Kier alpha value is -0.420. The Morgan fingerprint density at radius 2 is 2.27 bits per heavy atom. The summed E-state index contributed by atoms with van der Waals surface area (Å²) in [5.41, 5.74) is 0. The first-order valence-electron chi connectivity index (χ1n) is 5.56. The highest BCUT2D eigenvalue weighted by atomic mass is 32.2. The van der Waals surface area contributed by atoms with Gasteiger partial charge >= 0.3 is 0 Å². The molecule has 88 valence electrons. The Morgan fingerprint density at radius 1 is 1.53 bits per heavy atom. The fourth-order valence-corrected chi connectivity index (χ4v) is 2.38. The van der Waals surface area contributed by atoms with Crippen molar-refractivity contribution in [2.75, 3.05) is 24.7 Å². The summed E-state index contributed by atoms with van der Waals surface area (Å²) >= 11 is 0. The van der Waals surface area contributed by atoms with E-state index in [4.69, 9.17) is 0 Å². The second-order valence-electron chi connectivity index (χ2n) is 3.74. The lowest BCUT2D eigenvalue weighted by Crippen LogP contribution is -2.33. The topological polar surface area (TPSA) is 49.4 Å². The third-order valence-corrected chi connectivity index (χ3v) is 3.91. The molecule has 1 amide bonds. The van der Waals surface area contributed by atoms with Gasteiger partial charge < -0.3 is 4.90 Å². The number of carbonyl (C=O) groups excluding carboxylic acids is 1. The highest BCUT2D eigenvalue weighted by Crippen LogP contribution is 2.08. The molecule has 0 aliphatic carbocycles. The van der Waals surface area contributed by atoms with E-state index in [2.05, 4.69) is 12.2 Å². The Kier molecular flexibility index (Phi) is 5.25. The van der Waals surface area contributed by atoms with Crippen molar-refractivity contribution in [1.82, 2.24) is 10.2 Å². The summed E-state index contributed by atoms with van der Waals surface area (Å²) in [5, 5.41) is 3.18. The zero-order valence-electron chi connectivity index (χ0n) is 9.49. The predicted octanol–water partition coefficient (Wildman–Crippen LogP) is 0.313. The maximum Gasteiger partial charge on any atom is 0.240 e. The second kappa shape index (κ2) is 6.23. The van der Waals surface area contributed by atoms with Crippen LogP contribution in [0.3, 0.4) is 0 Å². The summed E-state index contributed by atoms with van der Waals surface area (Å²) in [7, 11) is -0.775. The zero-order valence-corrected chi connectivity index (χ0v) is 10.3. The molecule has 1 fully saturated rings. The molecule has 0 saturated carbocycles. The Balaban J connectivity index is 2.33. The van der Waals surface area contributed by atoms with Gasteiger partial charge in [-0.25, -0.2) is 0 Å². The van der Waals surface area contributed by atoms with E-state index in [0.717, 1.165) is 12.8 Å². The molecule has 1 rings (SSSR count). The maximum absolute atomic E-state index is 11.8. The standard InChI is InChI=1S/C10H20N2O2S/c1-3-5-9-10(13)12(8-11-9)6-7-15(14)4-2/h9,11H,3-8H2,1-2H3. The number of nitrogens with one attached hydrogen (secondary N) is 1. The van der Waals surface area contributed by atoms with Crippen molar-refractivity contribution >= 4 is 16.7 Å². The molecule has 0 aromatic heterocycles. The third kappa shape index (κ3) is 3.57. The molecule has 0 aromatic carbocycles. The summed E-state index contributed by atoms with van der Waals surface area (Å²) in [4.78, 5) is 13.5. The lowest BCUT2D eigenvalue weighted by molar-refractivity contribution is -0.128. The highest BCUT2D eigenvalue weighted by Gasteiger charge is 2.29. The van der Waals surface area contributed by atoms with E-state index in [-0.39, 0.29) is 11.9 Å². The van der Waals surface area contributed by atoms with Crippen LogP contribution < -0.4 is 5.32 Å². The van der Waals surface area contributed by atoms with E-state index in [1.807, 2.05) is 6.92 Å². The van der Waals surface area contributed by atoms with Gasteiger partial charge in [-0.1, -0.05) is 20.3 Å². The minimum atomic E-state index is -0.775. The number of carbonyl (C=O) groups is 1. The minimum Gasteiger partial charge on any atom is -0.328 e. The van der Waals surface area contributed by atoms with E-state index < -0.39 is 10.8 Å². The average molecular weight is 232 g/mol. The van der Waals surface area contributed by atoms with Crippen molar-refractivity contribution in [3.63, 3.8) is 0 Å². The van der Waals surface area contributed by atoms with Crippen LogP contribution in [0.5, 0.6) is 0 Å². The highest BCUT2D eigenvalue weighted by molar-refractivity contribution is 7.84. The largest absolute Gasteiger partial charge is 0.328 e. The summed E-state index contributed by atoms with van der Waals surface area (Å²) in [5.74, 6) is 1.45. The molecule has 0 spiro atoms. The second-order valence-corrected chi connectivity index (χ2v) is 5.60. The molecule has 2 unspecified atom stereocenters. The van der Waals surface area contributed by atoms with Crippen LogP contribution in [0.15, 0.2) is 0 Å². The number of hydrogen-bond acceptors (Lipinski definition) is 3. The van der Waals surface area contributed by atoms with E-state index >= 15 is 0 Å². The molecule has 4 nitrogen and oxygen atoms in total. The first kappa shape index (κ1) is 12.6. The molecular formula is C10H20N2O2S. The SMILES string of the molecule is CCCC1NCN(CCS(=O)CC)C1=O. The number of hydrogen-bond donors (Lipinski definition) is 1. The van der Waals surface area contributed by atoms with Crippen molar-refractivity contribution < 1.29 is 9.00 Å². The van der Waals surface area contributed by atoms with Crippen LogP contribution in [-0.2, 0) is 15.6 Å². The van der Waals surface area contributed by atoms with Crippen LogP contribution in [-0.4, -0.2) is 45.8 Å². The summed E-state index contributed by atoms with van der Waals surface area (Å²) in [6.45, 7) is 5.21. The van der Waals surface area contributed by atoms with E-state index in [1.54, 1.807) is 4.90 Å². The molecule has 0 aromatic rings. The van der Waals surface area contributed by atoms with Crippen LogP contribution in [0.25, 0.3) is 0 Å². The zero-order chi connectivity index (χ0) is 11.3. The van der Waals surface area contributed by atoms with E-state index in [0.29, 0.717) is 24.7 Å². The van der Waals surface area contributed by atoms with Crippen molar-refractivity contribution in [2.24, 2.45) is 0 Å². The predicted molar refractivity (Wildman–Crippen MR) is 62.0 cm³/mol. The fourth-order valence-electron chi connectivity index (χ4n) is 1.67. The van der Waals surface area contributed by atoms with E-state index in [1.165, 1.54) is 0 Å². The molecule has 0 radical (unpaired) electrons. The molecule has 2 atom stereocenters. The van der Waals surface area contributed by atoms with Crippen LogP contribution in [0.1, 0.15) is 26.7 Å². The van der Waals surface area contributed by atoms with E-state index in [9.17, 15) is 9.00 Å². The van der Waals surface area contributed by atoms with Crippen molar-refractivity contribution in [3.8, 4) is 0 Å². The van der Waals surface area contributed by atoms with Gasteiger partial charge in [0.25, 0.3) is 0 Å². The molecule has 1 heterocycles. The van der Waals surface area contributed by atoms with Crippen LogP contribution >= 0.6 is 0 Å². The normalized spacial score (nSPS) is 23.5. The van der Waals surface area contributed by atoms with Crippen molar-refractivity contribution in [2.45, 2.75) is 32.7 Å².